The third kappa shape index (κ3) is 3.24. The van der Waals surface area contributed by atoms with Crippen LogP contribution in [0.15, 0.2) is 24.3 Å². The van der Waals surface area contributed by atoms with Crippen LogP contribution in [-0.4, -0.2) is 29.1 Å². The van der Waals surface area contributed by atoms with E-state index in [0.29, 0.717) is 6.04 Å². The second kappa shape index (κ2) is 7.07. The predicted octanol–water partition coefficient (Wildman–Crippen LogP) is 5.04. The second-order valence-electron chi connectivity index (χ2n) is 9.61. The van der Waals surface area contributed by atoms with Crippen molar-refractivity contribution < 1.29 is 0 Å². The van der Waals surface area contributed by atoms with E-state index in [0.717, 1.165) is 41.3 Å². The first-order valence-electron chi connectivity index (χ1n) is 11.1. The van der Waals surface area contributed by atoms with Crippen LogP contribution in [0.5, 0.6) is 0 Å². The fraction of sp³-hybridized carbons (Fsp3) is 0.739. The van der Waals surface area contributed by atoms with Crippen molar-refractivity contribution in [2.45, 2.75) is 94.8 Å². The average Bonchev–Trinajstić information content (AvgIpc) is 2.62. The van der Waals surface area contributed by atoms with Gasteiger partial charge in [-0.2, -0.15) is 0 Å². The smallest absolute Gasteiger partial charge is 0.0576 e. The van der Waals surface area contributed by atoms with E-state index in [1.807, 2.05) is 12.1 Å². The monoisotopic (exact) mass is 353 g/mol. The first-order valence-corrected chi connectivity index (χ1v) is 11.1. The van der Waals surface area contributed by atoms with Crippen molar-refractivity contribution in [3.05, 3.63) is 24.3 Å². The second-order valence-corrected chi connectivity index (χ2v) is 9.61. The highest BCUT2D eigenvalue weighted by Gasteiger charge is 2.44. The molecule has 142 valence electrons. The standard InChI is InChI=1S/C23H35N3/c24-22-9-1-2-10-23(22)25-18-14-19-7-4-8-20(15-18)26(19)21-12-16-5-3-6-17(11-16)13-21/h1-2,9-10,16-21,25H,3-8,11-15,24H2/t16-,17+,18?,19-,20+,21?. The van der Waals surface area contributed by atoms with Gasteiger partial charge in [-0.25, -0.2) is 0 Å². The molecular formula is C23H35N3. The Balaban J connectivity index is 1.29. The minimum absolute atomic E-state index is 0.592. The van der Waals surface area contributed by atoms with Crippen LogP contribution in [0.25, 0.3) is 0 Å². The molecule has 1 aromatic rings. The summed E-state index contributed by atoms with van der Waals surface area (Å²) in [5.41, 5.74) is 8.20. The first-order chi connectivity index (χ1) is 12.8. The molecule has 0 amide bonds. The van der Waals surface area contributed by atoms with Gasteiger partial charge in [0.25, 0.3) is 0 Å². The van der Waals surface area contributed by atoms with Gasteiger partial charge in [-0.15, -0.1) is 0 Å². The average molecular weight is 354 g/mol. The molecule has 3 nitrogen and oxygen atoms in total. The van der Waals surface area contributed by atoms with E-state index in [4.69, 9.17) is 5.73 Å². The molecular weight excluding hydrogens is 318 g/mol. The number of nitrogens with zero attached hydrogens (tertiary/aromatic N) is 1. The van der Waals surface area contributed by atoms with Gasteiger partial charge in [0.1, 0.15) is 0 Å². The lowest BCUT2D eigenvalue weighted by atomic mass is 9.68. The number of benzene rings is 1. The fourth-order valence-corrected chi connectivity index (χ4v) is 6.92. The third-order valence-electron chi connectivity index (χ3n) is 7.88. The molecule has 4 fully saturated rings. The molecule has 3 N–H and O–H groups in total. The number of fused-ring (bicyclic) bond motifs is 4. The summed E-state index contributed by atoms with van der Waals surface area (Å²) in [6.45, 7) is 0. The molecule has 0 spiro atoms. The number of piperidine rings is 2. The highest BCUT2D eigenvalue weighted by atomic mass is 15.2. The number of para-hydroxylation sites is 2. The van der Waals surface area contributed by atoms with E-state index >= 15 is 0 Å². The Morgan fingerprint density at radius 2 is 1.42 bits per heavy atom. The molecule has 0 radical (unpaired) electrons. The van der Waals surface area contributed by atoms with Crippen molar-refractivity contribution in [3.8, 4) is 0 Å². The molecule has 2 saturated heterocycles. The largest absolute Gasteiger partial charge is 0.397 e. The molecule has 2 aliphatic heterocycles. The quantitative estimate of drug-likeness (QED) is 0.748. The Morgan fingerprint density at radius 3 is 2.12 bits per heavy atom. The van der Waals surface area contributed by atoms with Gasteiger partial charge in [0.15, 0.2) is 0 Å². The molecule has 2 saturated carbocycles. The molecule has 2 aliphatic carbocycles. The summed E-state index contributed by atoms with van der Waals surface area (Å²) in [4.78, 5) is 3.03. The lowest BCUT2D eigenvalue weighted by Gasteiger charge is -2.55. The Bertz CT molecular complexity index is 604. The summed E-state index contributed by atoms with van der Waals surface area (Å²) < 4.78 is 0. The van der Waals surface area contributed by atoms with E-state index in [9.17, 15) is 0 Å². The van der Waals surface area contributed by atoms with Crippen LogP contribution < -0.4 is 11.1 Å². The number of nitrogens with one attached hydrogen (secondary N) is 1. The molecule has 1 aromatic carbocycles. The summed E-state index contributed by atoms with van der Waals surface area (Å²) >= 11 is 0. The van der Waals surface area contributed by atoms with E-state index in [1.165, 1.54) is 70.6 Å². The van der Waals surface area contributed by atoms with Crippen molar-refractivity contribution in [1.29, 1.82) is 0 Å². The molecule has 0 aromatic heterocycles. The van der Waals surface area contributed by atoms with E-state index in [2.05, 4.69) is 22.3 Å². The SMILES string of the molecule is Nc1ccccc1NC1C[C@H]2CCC[C@@H](C1)N2C1C[C@H]2CCC[C@@H](C1)C2. The molecule has 2 unspecified atom stereocenters. The van der Waals surface area contributed by atoms with Crippen molar-refractivity contribution in [1.82, 2.24) is 4.90 Å². The van der Waals surface area contributed by atoms with Gasteiger partial charge in [0.2, 0.25) is 0 Å². The van der Waals surface area contributed by atoms with Gasteiger partial charge in [0.05, 0.1) is 11.4 Å². The number of nitrogens with two attached hydrogens (primary N) is 1. The van der Waals surface area contributed by atoms with E-state index in [1.54, 1.807) is 0 Å². The van der Waals surface area contributed by atoms with Crippen LogP contribution in [0.3, 0.4) is 0 Å². The summed E-state index contributed by atoms with van der Waals surface area (Å²) in [6, 6.07) is 11.3. The highest BCUT2D eigenvalue weighted by Crippen LogP contribution is 2.46. The predicted molar refractivity (Wildman–Crippen MR) is 109 cm³/mol. The summed E-state index contributed by atoms with van der Waals surface area (Å²) in [6.07, 6.45) is 15.9. The summed E-state index contributed by atoms with van der Waals surface area (Å²) in [7, 11) is 0. The molecule has 4 aliphatic rings. The van der Waals surface area contributed by atoms with Gasteiger partial charge >= 0.3 is 0 Å². The third-order valence-corrected chi connectivity index (χ3v) is 7.88. The van der Waals surface area contributed by atoms with Gasteiger partial charge in [0, 0.05) is 24.2 Å². The number of hydrogen-bond donors (Lipinski definition) is 2. The lowest BCUT2D eigenvalue weighted by molar-refractivity contribution is -0.0382. The van der Waals surface area contributed by atoms with Crippen molar-refractivity contribution in [3.63, 3.8) is 0 Å². The van der Waals surface area contributed by atoms with Crippen LogP contribution in [0, 0.1) is 11.8 Å². The number of nitrogen functional groups attached to an aromatic ring is 1. The van der Waals surface area contributed by atoms with Gasteiger partial charge in [-0.3, -0.25) is 4.90 Å². The highest BCUT2D eigenvalue weighted by molar-refractivity contribution is 5.66. The van der Waals surface area contributed by atoms with Crippen LogP contribution in [-0.2, 0) is 0 Å². The Hall–Kier alpha value is -1.22. The Morgan fingerprint density at radius 1 is 0.769 bits per heavy atom. The summed E-state index contributed by atoms with van der Waals surface area (Å²) in [5.74, 6) is 2.07. The maximum Gasteiger partial charge on any atom is 0.0576 e. The number of hydrogen-bond acceptors (Lipinski definition) is 3. The van der Waals surface area contributed by atoms with E-state index in [-0.39, 0.29) is 0 Å². The minimum atomic E-state index is 0.592. The molecule has 26 heavy (non-hydrogen) atoms. The van der Waals surface area contributed by atoms with Crippen LogP contribution in [0.2, 0.25) is 0 Å². The topological polar surface area (TPSA) is 41.3 Å². The van der Waals surface area contributed by atoms with Crippen molar-refractivity contribution in [2.24, 2.45) is 11.8 Å². The van der Waals surface area contributed by atoms with E-state index < -0.39 is 0 Å². The zero-order chi connectivity index (χ0) is 17.5. The van der Waals surface area contributed by atoms with Crippen LogP contribution in [0.1, 0.15) is 70.6 Å². The van der Waals surface area contributed by atoms with Crippen LogP contribution >= 0.6 is 0 Å². The molecule has 2 heterocycles. The van der Waals surface area contributed by atoms with Crippen molar-refractivity contribution in [2.75, 3.05) is 11.1 Å². The Kier molecular flexibility index (Phi) is 4.60. The maximum atomic E-state index is 6.18. The van der Waals surface area contributed by atoms with Crippen molar-refractivity contribution >= 4 is 11.4 Å². The number of rotatable bonds is 3. The summed E-state index contributed by atoms with van der Waals surface area (Å²) in [5, 5.41) is 3.79. The van der Waals surface area contributed by atoms with Gasteiger partial charge < -0.3 is 11.1 Å². The van der Waals surface area contributed by atoms with Gasteiger partial charge in [-0.1, -0.05) is 37.8 Å². The minimum Gasteiger partial charge on any atom is -0.397 e. The first kappa shape index (κ1) is 16.9. The zero-order valence-electron chi connectivity index (χ0n) is 16.1. The van der Waals surface area contributed by atoms with Gasteiger partial charge in [-0.05, 0) is 68.9 Å². The Labute approximate surface area is 158 Å². The van der Waals surface area contributed by atoms with Crippen LogP contribution in [0.4, 0.5) is 11.4 Å². The normalized spacial score (nSPS) is 40.2. The molecule has 4 bridgehead atoms. The molecule has 5 rings (SSSR count). The zero-order valence-corrected chi connectivity index (χ0v) is 16.1. The molecule has 6 atom stereocenters. The number of anilines is 2. The maximum absolute atomic E-state index is 6.18. The molecule has 3 heteroatoms. The fourth-order valence-electron chi connectivity index (χ4n) is 6.92. The lowest BCUT2D eigenvalue weighted by Crippen LogP contribution is -2.60.